The largest absolute Gasteiger partial charge is 0.350 e. The molecule has 3 nitrogen and oxygen atoms in total. The normalized spacial score (nSPS) is 20.5. The van der Waals surface area contributed by atoms with Crippen molar-refractivity contribution in [2.75, 3.05) is 13.2 Å². The first-order valence-corrected chi connectivity index (χ1v) is 4.87. The van der Waals surface area contributed by atoms with Crippen molar-refractivity contribution in [3.05, 3.63) is 0 Å². The summed E-state index contributed by atoms with van der Waals surface area (Å²) in [6.07, 6.45) is 1.66. The SMILES string of the molecule is CC(C)C(C#N)CCC1OCCO1. The highest BCUT2D eigenvalue weighted by Crippen LogP contribution is 2.19. The first-order chi connectivity index (χ1) is 6.24. The smallest absolute Gasteiger partial charge is 0.157 e. The lowest BCUT2D eigenvalue weighted by Crippen LogP contribution is -2.13. The molecule has 0 spiro atoms. The van der Waals surface area contributed by atoms with E-state index in [9.17, 15) is 0 Å². The van der Waals surface area contributed by atoms with Crippen LogP contribution in [0.2, 0.25) is 0 Å². The molecule has 0 bridgehead atoms. The number of nitriles is 1. The first kappa shape index (κ1) is 10.5. The fourth-order valence-electron chi connectivity index (χ4n) is 1.44. The van der Waals surface area contributed by atoms with Gasteiger partial charge in [0.1, 0.15) is 0 Å². The minimum atomic E-state index is -0.0606. The van der Waals surface area contributed by atoms with Crippen LogP contribution in [0, 0.1) is 23.2 Å². The van der Waals surface area contributed by atoms with Gasteiger partial charge in [0.2, 0.25) is 0 Å². The van der Waals surface area contributed by atoms with Gasteiger partial charge in [-0.25, -0.2) is 0 Å². The summed E-state index contributed by atoms with van der Waals surface area (Å²) in [7, 11) is 0. The van der Waals surface area contributed by atoms with Gasteiger partial charge < -0.3 is 9.47 Å². The van der Waals surface area contributed by atoms with Crippen molar-refractivity contribution in [1.82, 2.24) is 0 Å². The molecule has 1 fully saturated rings. The molecule has 0 aliphatic carbocycles. The zero-order valence-corrected chi connectivity index (χ0v) is 8.32. The fraction of sp³-hybridized carbons (Fsp3) is 0.900. The maximum Gasteiger partial charge on any atom is 0.157 e. The van der Waals surface area contributed by atoms with E-state index in [0.29, 0.717) is 19.1 Å². The number of rotatable bonds is 4. The molecule has 0 amide bonds. The molecule has 0 aromatic heterocycles. The zero-order chi connectivity index (χ0) is 9.68. The molecule has 1 unspecified atom stereocenters. The highest BCUT2D eigenvalue weighted by atomic mass is 16.7. The molecule has 1 aliphatic rings. The number of hydrogen-bond donors (Lipinski definition) is 0. The minimum Gasteiger partial charge on any atom is -0.350 e. The van der Waals surface area contributed by atoms with Gasteiger partial charge in [0.15, 0.2) is 6.29 Å². The third kappa shape index (κ3) is 3.33. The molecule has 0 N–H and O–H groups in total. The van der Waals surface area contributed by atoms with Gasteiger partial charge in [-0.1, -0.05) is 13.8 Å². The summed E-state index contributed by atoms with van der Waals surface area (Å²) in [6, 6.07) is 2.31. The van der Waals surface area contributed by atoms with Crippen molar-refractivity contribution < 1.29 is 9.47 Å². The average Bonchev–Trinajstić information content (AvgIpc) is 2.57. The summed E-state index contributed by atoms with van der Waals surface area (Å²) in [5.74, 6) is 0.555. The van der Waals surface area contributed by atoms with Crippen LogP contribution in [0.1, 0.15) is 26.7 Å². The number of hydrogen-bond acceptors (Lipinski definition) is 3. The van der Waals surface area contributed by atoms with E-state index in [2.05, 4.69) is 19.9 Å². The van der Waals surface area contributed by atoms with Crippen molar-refractivity contribution in [2.24, 2.45) is 11.8 Å². The molecule has 1 aliphatic heterocycles. The van der Waals surface area contributed by atoms with Gasteiger partial charge in [0.25, 0.3) is 0 Å². The quantitative estimate of drug-likeness (QED) is 0.668. The summed E-state index contributed by atoms with van der Waals surface area (Å²) in [4.78, 5) is 0. The Morgan fingerprint density at radius 2 is 2.00 bits per heavy atom. The van der Waals surface area contributed by atoms with E-state index in [1.165, 1.54) is 0 Å². The predicted molar refractivity (Wildman–Crippen MR) is 48.9 cm³/mol. The molecule has 13 heavy (non-hydrogen) atoms. The van der Waals surface area contributed by atoms with Crippen LogP contribution >= 0.6 is 0 Å². The van der Waals surface area contributed by atoms with Crippen LogP contribution in [0.4, 0.5) is 0 Å². The Hall–Kier alpha value is -0.590. The van der Waals surface area contributed by atoms with E-state index in [-0.39, 0.29) is 12.2 Å². The van der Waals surface area contributed by atoms with Crippen molar-refractivity contribution in [3.8, 4) is 6.07 Å². The van der Waals surface area contributed by atoms with E-state index in [1.807, 2.05) is 0 Å². The Morgan fingerprint density at radius 1 is 1.38 bits per heavy atom. The van der Waals surface area contributed by atoms with Gasteiger partial charge >= 0.3 is 0 Å². The van der Waals surface area contributed by atoms with E-state index in [4.69, 9.17) is 14.7 Å². The molecule has 3 heteroatoms. The van der Waals surface area contributed by atoms with E-state index < -0.39 is 0 Å². The highest BCUT2D eigenvalue weighted by molar-refractivity contribution is 4.85. The number of ether oxygens (including phenoxy) is 2. The van der Waals surface area contributed by atoms with Crippen LogP contribution in [-0.4, -0.2) is 19.5 Å². The van der Waals surface area contributed by atoms with Gasteiger partial charge in [-0.3, -0.25) is 0 Å². The third-order valence-electron chi connectivity index (χ3n) is 2.37. The highest BCUT2D eigenvalue weighted by Gasteiger charge is 2.19. The molecule has 0 aromatic rings. The molecule has 74 valence electrons. The molecule has 0 saturated carbocycles. The second-order valence-corrected chi connectivity index (χ2v) is 3.73. The molecule has 0 radical (unpaired) electrons. The van der Waals surface area contributed by atoms with Crippen molar-refractivity contribution in [3.63, 3.8) is 0 Å². The monoisotopic (exact) mass is 183 g/mol. The molecule has 1 saturated heterocycles. The van der Waals surface area contributed by atoms with Gasteiger partial charge in [0, 0.05) is 5.92 Å². The Bertz CT molecular complexity index is 180. The van der Waals surface area contributed by atoms with Gasteiger partial charge in [-0.2, -0.15) is 5.26 Å². The average molecular weight is 183 g/mol. The molecule has 1 rings (SSSR count). The van der Waals surface area contributed by atoms with E-state index in [0.717, 1.165) is 12.8 Å². The Labute approximate surface area is 79.6 Å². The van der Waals surface area contributed by atoms with Crippen LogP contribution in [0.5, 0.6) is 0 Å². The van der Waals surface area contributed by atoms with Gasteiger partial charge in [-0.15, -0.1) is 0 Å². The van der Waals surface area contributed by atoms with Crippen LogP contribution < -0.4 is 0 Å². The lowest BCUT2D eigenvalue weighted by molar-refractivity contribution is -0.0498. The molecule has 1 heterocycles. The molecular weight excluding hydrogens is 166 g/mol. The number of nitrogens with zero attached hydrogens (tertiary/aromatic N) is 1. The summed E-state index contributed by atoms with van der Waals surface area (Å²) < 4.78 is 10.6. The molecule has 1 atom stereocenters. The maximum atomic E-state index is 8.84. The summed E-state index contributed by atoms with van der Waals surface area (Å²) >= 11 is 0. The van der Waals surface area contributed by atoms with E-state index >= 15 is 0 Å². The van der Waals surface area contributed by atoms with Crippen LogP contribution in [0.25, 0.3) is 0 Å². The minimum absolute atomic E-state index is 0.0606. The molecular formula is C10H17NO2. The van der Waals surface area contributed by atoms with Gasteiger partial charge in [0.05, 0.1) is 19.3 Å². The Morgan fingerprint density at radius 3 is 2.46 bits per heavy atom. The summed E-state index contributed by atoms with van der Waals surface area (Å²) in [5, 5.41) is 8.84. The Balaban J connectivity index is 2.20. The van der Waals surface area contributed by atoms with Crippen LogP contribution in [-0.2, 0) is 9.47 Å². The Kier molecular flexibility index (Phi) is 4.20. The van der Waals surface area contributed by atoms with Gasteiger partial charge in [-0.05, 0) is 18.8 Å². The zero-order valence-electron chi connectivity index (χ0n) is 8.32. The van der Waals surface area contributed by atoms with Crippen molar-refractivity contribution >= 4 is 0 Å². The standard InChI is InChI=1S/C10H17NO2/c1-8(2)9(7-11)3-4-10-12-5-6-13-10/h8-10H,3-6H2,1-2H3. The van der Waals surface area contributed by atoms with Crippen molar-refractivity contribution in [2.45, 2.75) is 33.0 Å². The predicted octanol–water partition coefficient (Wildman–Crippen LogP) is 1.94. The third-order valence-corrected chi connectivity index (χ3v) is 2.37. The first-order valence-electron chi connectivity index (χ1n) is 4.87. The topological polar surface area (TPSA) is 42.2 Å². The lowest BCUT2D eigenvalue weighted by Gasteiger charge is -2.14. The lowest BCUT2D eigenvalue weighted by atomic mass is 9.93. The van der Waals surface area contributed by atoms with Crippen molar-refractivity contribution in [1.29, 1.82) is 5.26 Å². The molecule has 0 aromatic carbocycles. The summed E-state index contributed by atoms with van der Waals surface area (Å²) in [6.45, 7) is 5.54. The van der Waals surface area contributed by atoms with E-state index in [1.54, 1.807) is 0 Å². The fourth-order valence-corrected chi connectivity index (χ4v) is 1.44. The maximum absolute atomic E-state index is 8.84. The second kappa shape index (κ2) is 5.21. The second-order valence-electron chi connectivity index (χ2n) is 3.73. The van der Waals surface area contributed by atoms with Crippen LogP contribution in [0.3, 0.4) is 0 Å². The van der Waals surface area contributed by atoms with Crippen LogP contribution in [0.15, 0.2) is 0 Å². The summed E-state index contributed by atoms with van der Waals surface area (Å²) in [5.41, 5.74) is 0.